The summed E-state index contributed by atoms with van der Waals surface area (Å²) in [4.78, 5) is 8.22. The van der Waals surface area contributed by atoms with Gasteiger partial charge >= 0.3 is 0 Å². The number of hydrogen-bond donors (Lipinski definition) is 0. The van der Waals surface area contributed by atoms with Crippen LogP contribution in [-0.4, -0.2) is 43.0 Å². The Kier molecular flexibility index (Phi) is 3.98. The third-order valence-electron chi connectivity index (χ3n) is 3.06. The largest absolute Gasteiger partial charge is 0.485 e. The van der Waals surface area contributed by atoms with Crippen LogP contribution in [0.4, 0.5) is 0 Å². The first-order valence-corrected chi connectivity index (χ1v) is 6.97. The van der Waals surface area contributed by atoms with E-state index in [1.807, 2.05) is 6.92 Å². The zero-order valence-electron chi connectivity index (χ0n) is 11.8. The Balaban J connectivity index is 2.12. The van der Waals surface area contributed by atoms with Crippen LogP contribution < -0.4 is 14.2 Å². The number of methoxy groups -OCH3 is 1. The molecule has 0 spiro atoms. The second kappa shape index (κ2) is 5.91. The maximum atomic E-state index is 6.15. The van der Waals surface area contributed by atoms with E-state index in [2.05, 4.69) is 9.97 Å². The van der Waals surface area contributed by atoms with Gasteiger partial charge in [0.25, 0.3) is 0 Å². The standard InChI is InChI=1S/C14H15ClN2O4/c1-8(6-18-2)21-10-5-9-11(14(15)17-7-16-9)13-12(10)19-3-4-20-13/h5,7-8H,3-4,6H2,1-2H3. The van der Waals surface area contributed by atoms with Gasteiger partial charge in [-0.15, -0.1) is 0 Å². The summed E-state index contributed by atoms with van der Waals surface area (Å²) in [5.41, 5.74) is 0.652. The third-order valence-corrected chi connectivity index (χ3v) is 3.35. The zero-order chi connectivity index (χ0) is 14.8. The summed E-state index contributed by atoms with van der Waals surface area (Å²) in [6, 6.07) is 1.78. The van der Waals surface area contributed by atoms with Gasteiger partial charge in [-0.3, -0.25) is 0 Å². The minimum absolute atomic E-state index is 0.126. The van der Waals surface area contributed by atoms with E-state index in [9.17, 15) is 0 Å². The molecule has 2 heterocycles. The van der Waals surface area contributed by atoms with E-state index in [0.29, 0.717) is 53.1 Å². The molecule has 3 rings (SSSR count). The van der Waals surface area contributed by atoms with Crippen molar-refractivity contribution in [1.82, 2.24) is 9.97 Å². The number of ether oxygens (including phenoxy) is 4. The summed E-state index contributed by atoms with van der Waals surface area (Å²) >= 11 is 6.15. The SMILES string of the molecule is COCC(C)Oc1cc2ncnc(Cl)c2c2c1OCCO2. The van der Waals surface area contributed by atoms with Gasteiger partial charge in [-0.25, -0.2) is 9.97 Å². The molecule has 2 aromatic rings. The maximum Gasteiger partial charge on any atom is 0.204 e. The fraction of sp³-hybridized carbons (Fsp3) is 0.429. The van der Waals surface area contributed by atoms with Gasteiger partial charge in [0.2, 0.25) is 5.75 Å². The van der Waals surface area contributed by atoms with Gasteiger partial charge in [-0.1, -0.05) is 11.6 Å². The van der Waals surface area contributed by atoms with E-state index in [1.165, 1.54) is 6.33 Å². The van der Waals surface area contributed by atoms with Crippen molar-refractivity contribution in [3.63, 3.8) is 0 Å². The minimum Gasteiger partial charge on any atom is -0.485 e. The predicted molar refractivity (Wildman–Crippen MR) is 77.5 cm³/mol. The van der Waals surface area contributed by atoms with Gasteiger partial charge in [-0.05, 0) is 6.92 Å². The Bertz CT molecular complexity index is 665. The molecule has 112 valence electrons. The van der Waals surface area contributed by atoms with Gasteiger partial charge in [0.1, 0.15) is 30.8 Å². The Hall–Kier alpha value is -1.79. The fourth-order valence-corrected chi connectivity index (χ4v) is 2.47. The molecule has 0 saturated carbocycles. The smallest absolute Gasteiger partial charge is 0.204 e. The molecule has 7 heteroatoms. The van der Waals surface area contributed by atoms with Crippen LogP contribution in [0, 0.1) is 0 Å². The second-order valence-corrected chi connectivity index (χ2v) is 5.03. The summed E-state index contributed by atoms with van der Waals surface area (Å²) in [5, 5.41) is 0.971. The lowest BCUT2D eigenvalue weighted by molar-refractivity contribution is 0.0858. The molecule has 0 saturated heterocycles. The van der Waals surface area contributed by atoms with Gasteiger partial charge < -0.3 is 18.9 Å². The highest BCUT2D eigenvalue weighted by Crippen LogP contribution is 2.46. The predicted octanol–water partition coefficient (Wildman–Crippen LogP) is 2.47. The van der Waals surface area contributed by atoms with Crippen LogP contribution in [-0.2, 0) is 4.74 Å². The van der Waals surface area contributed by atoms with Crippen molar-refractivity contribution in [3.05, 3.63) is 17.5 Å². The average Bonchev–Trinajstić information content (AvgIpc) is 2.47. The molecule has 6 nitrogen and oxygen atoms in total. The van der Waals surface area contributed by atoms with E-state index in [0.717, 1.165) is 0 Å². The molecule has 0 aliphatic carbocycles. The quantitative estimate of drug-likeness (QED) is 0.808. The highest BCUT2D eigenvalue weighted by molar-refractivity contribution is 6.34. The molecule has 0 fully saturated rings. The Morgan fingerprint density at radius 1 is 1.29 bits per heavy atom. The first-order valence-electron chi connectivity index (χ1n) is 6.59. The second-order valence-electron chi connectivity index (χ2n) is 4.67. The van der Waals surface area contributed by atoms with Crippen LogP contribution in [0.1, 0.15) is 6.92 Å². The molecule has 1 aliphatic rings. The molecule has 1 aliphatic heterocycles. The van der Waals surface area contributed by atoms with Crippen molar-refractivity contribution < 1.29 is 18.9 Å². The minimum atomic E-state index is -0.126. The van der Waals surface area contributed by atoms with Crippen LogP contribution in [0.25, 0.3) is 10.9 Å². The Labute approximate surface area is 126 Å². The molecule has 1 atom stereocenters. The molecule has 0 amide bonds. The highest BCUT2D eigenvalue weighted by Gasteiger charge is 2.24. The molecular weight excluding hydrogens is 296 g/mol. The number of fused-ring (bicyclic) bond motifs is 3. The number of benzene rings is 1. The van der Waals surface area contributed by atoms with E-state index in [4.69, 9.17) is 30.5 Å². The van der Waals surface area contributed by atoms with Crippen LogP contribution >= 0.6 is 11.6 Å². The van der Waals surface area contributed by atoms with Crippen molar-refractivity contribution in [2.45, 2.75) is 13.0 Å². The first kappa shape index (κ1) is 14.2. The van der Waals surface area contributed by atoms with Crippen LogP contribution in [0.15, 0.2) is 12.4 Å². The van der Waals surface area contributed by atoms with Crippen LogP contribution in [0.5, 0.6) is 17.2 Å². The lowest BCUT2D eigenvalue weighted by Crippen LogP contribution is -2.21. The lowest BCUT2D eigenvalue weighted by Gasteiger charge is -2.24. The van der Waals surface area contributed by atoms with Gasteiger partial charge in [0, 0.05) is 13.2 Å². The average molecular weight is 311 g/mol. The van der Waals surface area contributed by atoms with Gasteiger partial charge in [-0.2, -0.15) is 0 Å². The number of rotatable bonds is 4. The topological polar surface area (TPSA) is 62.7 Å². The van der Waals surface area contributed by atoms with Gasteiger partial charge in [0.05, 0.1) is 17.5 Å². The zero-order valence-corrected chi connectivity index (χ0v) is 12.5. The molecule has 1 aromatic carbocycles. The van der Waals surface area contributed by atoms with Crippen molar-refractivity contribution in [2.75, 3.05) is 26.9 Å². The summed E-state index contributed by atoms with van der Waals surface area (Å²) in [5.74, 6) is 1.63. The highest BCUT2D eigenvalue weighted by atomic mass is 35.5. The lowest BCUT2D eigenvalue weighted by atomic mass is 10.2. The van der Waals surface area contributed by atoms with E-state index >= 15 is 0 Å². The number of hydrogen-bond acceptors (Lipinski definition) is 6. The normalized spacial score (nSPS) is 15.0. The molecule has 0 bridgehead atoms. The summed E-state index contributed by atoms with van der Waals surface area (Å²) < 4.78 is 22.3. The van der Waals surface area contributed by atoms with E-state index < -0.39 is 0 Å². The fourth-order valence-electron chi connectivity index (χ4n) is 2.25. The molecular formula is C14H15ClN2O4. The summed E-state index contributed by atoms with van der Waals surface area (Å²) in [6.07, 6.45) is 1.28. The van der Waals surface area contributed by atoms with E-state index in [-0.39, 0.29) is 6.10 Å². The Morgan fingerprint density at radius 3 is 2.81 bits per heavy atom. The molecule has 1 aromatic heterocycles. The third kappa shape index (κ3) is 2.69. The Morgan fingerprint density at radius 2 is 2.05 bits per heavy atom. The van der Waals surface area contributed by atoms with Crippen LogP contribution in [0.2, 0.25) is 5.15 Å². The molecule has 0 N–H and O–H groups in total. The number of halogens is 1. The van der Waals surface area contributed by atoms with Crippen LogP contribution in [0.3, 0.4) is 0 Å². The van der Waals surface area contributed by atoms with Gasteiger partial charge in [0.15, 0.2) is 11.5 Å². The molecule has 1 unspecified atom stereocenters. The summed E-state index contributed by atoms with van der Waals surface area (Å²) in [6.45, 7) is 3.29. The van der Waals surface area contributed by atoms with Crippen molar-refractivity contribution in [2.24, 2.45) is 0 Å². The monoisotopic (exact) mass is 310 g/mol. The number of nitrogens with zero attached hydrogens (tertiary/aromatic N) is 2. The molecule has 0 radical (unpaired) electrons. The van der Waals surface area contributed by atoms with Crippen molar-refractivity contribution in [1.29, 1.82) is 0 Å². The summed E-state index contributed by atoms with van der Waals surface area (Å²) in [7, 11) is 1.63. The maximum absolute atomic E-state index is 6.15. The number of aromatic nitrogens is 2. The van der Waals surface area contributed by atoms with Crippen molar-refractivity contribution >= 4 is 22.5 Å². The van der Waals surface area contributed by atoms with E-state index in [1.54, 1.807) is 13.2 Å². The van der Waals surface area contributed by atoms with Crippen molar-refractivity contribution in [3.8, 4) is 17.2 Å². The molecule has 21 heavy (non-hydrogen) atoms. The first-order chi connectivity index (χ1) is 10.2.